The highest BCUT2D eigenvalue weighted by Crippen LogP contribution is 2.42. The molecule has 0 aromatic heterocycles. The highest BCUT2D eigenvalue weighted by molar-refractivity contribution is 5.63. The maximum absolute atomic E-state index is 15.0. The Balaban J connectivity index is 1.24. The van der Waals surface area contributed by atoms with E-state index >= 15 is 4.39 Å². The fourth-order valence-corrected chi connectivity index (χ4v) is 6.64. The molecule has 1 fully saturated rings. The predicted molar refractivity (Wildman–Crippen MR) is 171 cm³/mol. The number of aryl methyl sites for hydroxylation is 1. The van der Waals surface area contributed by atoms with Crippen LogP contribution in [0.5, 0.6) is 23.0 Å². The number of hydrogen-bond donors (Lipinski definition) is 2. The standard InChI is InChI=1S/C36H47FN2O4/c1-25(19-26-9-14-34(32(37)20-26)43-18-17-39-15-7-5-4-6-8-16-39)38-33-24-36(42-3)35(41-2)23-31(33)29-11-10-28-22-30(40)13-12-27(28)21-29/h9,12-14,20,22-25,29,38,40H,4-8,10-11,15-19,21H2,1-3H3. The zero-order valence-electron chi connectivity index (χ0n) is 26.0. The Bertz CT molecular complexity index is 1360. The Labute approximate surface area is 256 Å². The molecule has 0 bridgehead atoms. The molecule has 0 spiro atoms. The van der Waals surface area contributed by atoms with Crippen LogP contribution in [0.2, 0.25) is 0 Å². The lowest BCUT2D eigenvalue weighted by molar-refractivity contribution is 0.192. The SMILES string of the molecule is COc1cc(NC(C)Cc2ccc(OCCN3CCCCCCC3)c(F)c2)c(C2CCc3cc(O)ccc3C2)cc1OC. The van der Waals surface area contributed by atoms with Crippen LogP contribution in [0.4, 0.5) is 10.1 Å². The van der Waals surface area contributed by atoms with Crippen molar-refractivity contribution >= 4 is 5.69 Å². The minimum absolute atomic E-state index is 0.0444. The summed E-state index contributed by atoms with van der Waals surface area (Å²) in [5.41, 5.74) is 5.58. The summed E-state index contributed by atoms with van der Waals surface area (Å²) < 4.78 is 32.2. The minimum Gasteiger partial charge on any atom is -0.508 e. The van der Waals surface area contributed by atoms with Gasteiger partial charge < -0.3 is 24.6 Å². The van der Waals surface area contributed by atoms with E-state index in [9.17, 15) is 5.11 Å². The van der Waals surface area contributed by atoms with E-state index in [0.717, 1.165) is 50.1 Å². The van der Waals surface area contributed by atoms with Gasteiger partial charge in [0.25, 0.3) is 0 Å². The molecular weight excluding hydrogens is 543 g/mol. The molecule has 1 saturated heterocycles. The van der Waals surface area contributed by atoms with Crippen LogP contribution in [-0.4, -0.2) is 56.5 Å². The first kappa shape index (κ1) is 31.0. The number of phenolic OH excluding ortho intramolecular Hbond substituents is 1. The summed E-state index contributed by atoms with van der Waals surface area (Å²) >= 11 is 0. The van der Waals surface area contributed by atoms with Crippen molar-refractivity contribution < 1.29 is 23.7 Å². The first-order valence-electron chi connectivity index (χ1n) is 15.9. The molecule has 0 saturated carbocycles. The molecule has 2 N–H and O–H groups in total. The van der Waals surface area contributed by atoms with Crippen molar-refractivity contribution in [3.8, 4) is 23.0 Å². The average Bonchev–Trinajstić information content (AvgIpc) is 2.98. The molecule has 7 heteroatoms. The van der Waals surface area contributed by atoms with Gasteiger partial charge in [0.1, 0.15) is 12.4 Å². The number of fused-ring (bicyclic) bond motifs is 1. The molecule has 2 atom stereocenters. The number of hydrogen-bond acceptors (Lipinski definition) is 6. The van der Waals surface area contributed by atoms with Crippen LogP contribution in [0.25, 0.3) is 0 Å². The Morgan fingerprint density at radius 3 is 2.40 bits per heavy atom. The van der Waals surface area contributed by atoms with Gasteiger partial charge in [0, 0.05) is 24.3 Å². The molecule has 1 aliphatic heterocycles. The number of aromatic hydroxyl groups is 1. The highest BCUT2D eigenvalue weighted by atomic mass is 19.1. The maximum Gasteiger partial charge on any atom is 0.165 e. The van der Waals surface area contributed by atoms with E-state index in [-0.39, 0.29) is 11.9 Å². The molecule has 1 heterocycles. The molecule has 6 nitrogen and oxygen atoms in total. The normalized spacial score (nSPS) is 18.2. The molecule has 0 radical (unpaired) electrons. The number of rotatable bonds is 11. The number of likely N-dealkylation sites (tertiary alicyclic amines) is 1. The topological polar surface area (TPSA) is 63.2 Å². The molecule has 3 aromatic rings. The van der Waals surface area contributed by atoms with Gasteiger partial charge in [-0.25, -0.2) is 4.39 Å². The number of nitrogens with zero attached hydrogens (tertiary/aromatic N) is 1. The van der Waals surface area contributed by atoms with Gasteiger partial charge in [-0.1, -0.05) is 31.4 Å². The summed E-state index contributed by atoms with van der Waals surface area (Å²) in [6.45, 7) is 5.67. The van der Waals surface area contributed by atoms with Gasteiger partial charge in [-0.2, -0.15) is 0 Å². The van der Waals surface area contributed by atoms with Crippen molar-refractivity contribution in [1.29, 1.82) is 0 Å². The number of halogens is 1. The molecule has 3 aromatic carbocycles. The lowest BCUT2D eigenvalue weighted by Gasteiger charge is -2.29. The van der Waals surface area contributed by atoms with Crippen LogP contribution in [0.3, 0.4) is 0 Å². The van der Waals surface area contributed by atoms with E-state index in [0.29, 0.717) is 41.9 Å². The highest BCUT2D eigenvalue weighted by Gasteiger charge is 2.25. The van der Waals surface area contributed by atoms with Crippen LogP contribution in [0.15, 0.2) is 48.5 Å². The zero-order valence-corrected chi connectivity index (χ0v) is 26.0. The predicted octanol–water partition coefficient (Wildman–Crippen LogP) is 7.51. The van der Waals surface area contributed by atoms with E-state index in [1.807, 2.05) is 24.3 Å². The number of nitrogens with one attached hydrogen (secondary N) is 1. The summed E-state index contributed by atoms with van der Waals surface area (Å²) in [6, 6.07) is 15.2. The van der Waals surface area contributed by atoms with Gasteiger partial charge in [0.05, 0.1) is 14.2 Å². The second kappa shape index (κ2) is 14.8. The molecule has 0 amide bonds. The first-order chi connectivity index (χ1) is 20.9. The fraction of sp³-hybridized carbons (Fsp3) is 0.500. The molecule has 5 rings (SSSR count). The van der Waals surface area contributed by atoms with Gasteiger partial charge in [-0.05, 0) is 117 Å². The Morgan fingerprint density at radius 2 is 1.65 bits per heavy atom. The summed E-state index contributed by atoms with van der Waals surface area (Å²) in [5, 5.41) is 13.6. The Morgan fingerprint density at radius 1 is 0.907 bits per heavy atom. The second-order valence-electron chi connectivity index (χ2n) is 12.2. The van der Waals surface area contributed by atoms with Crippen molar-refractivity contribution in [2.75, 3.05) is 45.8 Å². The second-order valence-corrected chi connectivity index (χ2v) is 12.2. The third-order valence-corrected chi connectivity index (χ3v) is 8.97. The van der Waals surface area contributed by atoms with Crippen molar-refractivity contribution in [1.82, 2.24) is 4.90 Å². The van der Waals surface area contributed by atoms with E-state index in [1.54, 1.807) is 32.4 Å². The van der Waals surface area contributed by atoms with Crippen LogP contribution < -0.4 is 19.5 Å². The Hall–Kier alpha value is -3.45. The van der Waals surface area contributed by atoms with Gasteiger partial charge in [-0.15, -0.1) is 0 Å². The van der Waals surface area contributed by atoms with Crippen molar-refractivity contribution in [3.63, 3.8) is 0 Å². The summed E-state index contributed by atoms with van der Waals surface area (Å²) in [4.78, 5) is 2.44. The summed E-state index contributed by atoms with van der Waals surface area (Å²) in [7, 11) is 3.31. The van der Waals surface area contributed by atoms with Crippen LogP contribution in [0, 0.1) is 5.82 Å². The summed E-state index contributed by atoms with van der Waals surface area (Å²) in [5.74, 6) is 2.00. The number of benzene rings is 3. The number of methoxy groups -OCH3 is 2. The third kappa shape index (κ3) is 8.14. The van der Waals surface area contributed by atoms with Crippen LogP contribution in [0.1, 0.15) is 73.6 Å². The van der Waals surface area contributed by atoms with Crippen molar-refractivity contribution in [2.45, 2.75) is 76.7 Å². The van der Waals surface area contributed by atoms with E-state index in [1.165, 1.54) is 48.8 Å². The van der Waals surface area contributed by atoms with Crippen LogP contribution >= 0.6 is 0 Å². The first-order valence-corrected chi connectivity index (χ1v) is 15.9. The smallest absolute Gasteiger partial charge is 0.165 e. The quantitative estimate of drug-likeness (QED) is 0.241. The van der Waals surface area contributed by atoms with Gasteiger partial charge in [0.15, 0.2) is 23.1 Å². The zero-order chi connectivity index (χ0) is 30.2. The molecule has 2 unspecified atom stereocenters. The van der Waals surface area contributed by atoms with Crippen molar-refractivity contribution in [3.05, 3.63) is 76.6 Å². The van der Waals surface area contributed by atoms with Gasteiger partial charge in [0.2, 0.25) is 0 Å². The average molecular weight is 591 g/mol. The molecular formula is C36H47FN2O4. The summed E-state index contributed by atoms with van der Waals surface area (Å²) in [6.07, 6.45) is 9.84. The van der Waals surface area contributed by atoms with E-state index < -0.39 is 0 Å². The minimum atomic E-state index is -0.309. The van der Waals surface area contributed by atoms with Crippen LogP contribution in [-0.2, 0) is 19.3 Å². The monoisotopic (exact) mass is 590 g/mol. The Kier molecular flexibility index (Phi) is 10.7. The fourth-order valence-electron chi connectivity index (χ4n) is 6.64. The molecule has 232 valence electrons. The lowest BCUT2D eigenvalue weighted by atomic mass is 9.79. The molecule has 1 aliphatic carbocycles. The number of ether oxygens (including phenoxy) is 3. The van der Waals surface area contributed by atoms with E-state index in [4.69, 9.17) is 14.2 Å². The lowest BCUT2D eigenvalue weighted by Crippen LogP contribution is -2.31. The largest absolute Gasteiger partial charge is 0.508 e. The third-order valence-electron chi connectivity index (χ3n) is 8.97. The van der Waals surface area contributed by atoms with E-state index in [2.05, 4.69) is 23.2 Å². The van der Waals surface area contributed by atoms with Crippen molar-refractivity contribution in [2.24, 2.45) is 0 Å². The van der Waals surface area contributed by atoms with Gasteiger partial charge in [-0.3, -0.25) is 4.90 Å². The van der Waals surface area contributed by atoms with Gasteiger partial charge >= 0.3 is 0 Å². The number of phenols is 1. The maximum atomic E-state index is 15.0. The molecule has 2 aliphatic rings. The molecule has 43 heavy (non-hydrogen) atoms. The number of anilines is 1.